The van der Waals surface area contributed by atoms with Crippen molar-refractivity contribution < 1.29 is 9.59 Å². The molecule has 0 aliphatic heterocycles. The van der Waals surface area contributed by atoms with Gasteiger partial charge in [-0.05, 0) is 38.2 Å². The third-order valence-corrected chi connectivity index (χ3v) is 4.38. The predicted octanol–water partition coefficient (Wildman–Crippen LogP) is 2.95. The van der Waals surface area contributed by atoms with Crippen molar-refractivity contribution in [2.75, 3.05) is 0 Å². The zero-order valence-electron chi connectivity index (χ0n) is 13.5. The zero-order chi connectivity index (χ0) is 15.9. The molecule has 0 aromatic heterocycles. The van der Waals surface area contributed by atoms with Gasteiger partial charge in [-0.1, -0.05) is 43.2 Å². The van der Waals surface area contributed by atoms with E-state index in [0.717, 1.165) is 18.4 Å². The Bertz CT molecular complexity index is 495. The molecule has 0 saturated heterocycles. The first kappa shape index (κ1) is 16.5. The Balaban J connectivity index is 1.77. The second kappa shape index (κ2) is 7.97. The second-order valence-electron chi connectivity index (χ2n) is 6.28. The highest BCUT2D eigenvalue weighted by molar-refractivity contribution is 5.87. The largest absolute Gasteiger partial charge is 0.348 e. The summed E-state index contributed by atoms with van der Waals surface area (Å²) < 4.78 is 0. The summed E-state index contributed by atoms with van der Waals surface area (Å²) in [5, 5.41) is 5.75. The summed E-state index contributed by atoms with van der Waals surface area (Å²) in [4.78, 5) is 24.2. The van der Waals surface area contributed by atoms with Crippen LogP contribution in [0.25, 0.3) is 0 Å². The van der Waals surface area contributed by atoms with Gasteiger partial charge < -0.3 is 10.6 Å². The van der Waals surface area contributed by atoms with E-state index in [1.807, 2.05) is 37.3 Å². The van der Waals surface area contributed by atoms with E-state index in [2.05, 4.69) is 10.6 Å². The fraction of sp³-hybridized carbons (Fsp3) is 0.556. The van der Waals surface area contributed by atoms with Crippen molar-refractivity contribution in [3.8, 4) is 0 Å². The summed E-state index contributed by atoms with van der Waals surface area (Å²) in [6, 6.07) is 9.24. The highest BCUT2D eigenvalue weighted by atomic mass is 16.2. The Morgan fingerprint density at radius 3 is 2.36 bits per heavy atom. The minimum absolute atomic E-state index is 0.0121. The van der Waals surface area contributed by atoms with Crippen LogP contribution in [0.15, 0.2) is 30.3 Å². The normalized spacial score (nSPS) is 17.7. The smallest absolute Gasteiger partial charge is 0.242 e. The average Bonchev–Trinajstić information content (AvgIpc) is 3.00. The summed E-state index contributed by atoms with van der Waals surface area (Å²) in [6.07, 6.45) is 5.27. The Labute approximate surface area is 132 Å². The van der Waals surface area contributed by atoms with Gasteiger partial charge in [0.05, 0.1) is 6.04 Å². The minimum atomic E-state index is -0.500. The molecule has 0 unspecified atom stereocenters. The van der Waals surface area contributed by atoms with Crippen LogP contribution in [0.5, 0.6) is 0 Å². The number of hydrogen-bond acceptors (Lipinski definition) is 2. The molecular formula is C18H26N2O2. The fourth-order valence-electron chi connectivity index (χ4n) is 3.01. The highest BCUT2D eigenvalue weighted by Gasteiger charge is 2.22. The lowest BCUT2D eigenvalue weighted by Crippen LogP contribution is -2.45. The van der Waals surface area contributed by atoms with Crippen molar-refractivity contribution in [2.45, 2.75) is 58.0 Å². The summed E-state index contributed by atoms with van der Waals surface area (Å²) in [5.74, 6) is 0.344. The van der Waals surface area contributed by atoms with E-state index in [1.165, 1.54) is 12.8 Å². The molecule has 22 heavy (non-hydrogen) atoms. The average molecular weight is 302 g/mol. The van der Waals surface area contributed by atoms with E-state index in [-0.39, 0.29) is 17.9 Å². The van der Waals surface area contributed by atoms with Crippen LogP contribution in [-0.2, 0) is 9.59 Å². The van der Waals surface area contributed by atoms with Crippen LogP contribution in [0, 0.1) is 5.92 Å². The zero-order valence-corrected chi connectivity index (χ0v) is 13.5. The molecule has 2 N–H and O–H groups in total. The summed E-state index contributed by atoms with van der Waals surface area (Å²) in [5.41, 5.74) is 1.06. The van der Waals surface area contributed by atoms with Crippen LogP contribution < -0.4 is 10.6 Å². The van der Waals surface area contributed by atoms with Crippen molar-refractivity contribution in [1.82, 2.24) is 10.6 Å². The Morgan fingerprint density at radius 2 is 1.73 bits per heavy atom. The Kier molecular flexibility index (Phi) is 5.99. The molecule has 0 heterocycles. The van der Waals surface area contributed by atoms with Crippen LogP contribution in [-0.4, -0.2) is 17.9 Å². The monoisotopic (exact) mass is 302 g/mol. The van der Waals surface area contributed by atoms with Gasteiger partial charge in [0.25, 0.3) is 0 Å². The molecule has 1 aliphatic rings. The molecule has 1 aromatic carbocycles. The van der Waals surface area contributed by atoms with Gasteiger partial charge in [-0.25, -0.2) is 0 Å². The van der Waals surface area contributed by atoms with Gasteiger partial charge in [0, 0.05) is 6.42 Å². The van der Waals surface area contributed by atoms with E-state index in [1.54, 1.807) is 6.92 Å². The first-order valence-electron chi connectivity index (χ1n) is 8.21. The van der Waals surface area contributed by atoms with Gasteiger partial charge in [-0.15, -0.1) is 0 Å². The fourth-order valence-corrected chi connectivity index (χ4v) is 3.01. The molecule has 0 spiro atoms. The molecule has 1 fully saturated rings. The molecule has 4 heteroatoms. The summed E-state index contributed by atoms with van der Waals surface area (Å²) in [7, 11) is 0. The van der Waals surface area contributed by atoms with Gasteiger partial charge in [-0.3, -0.25) is 9.59 Å². The first-order chi connectivity index (χ1) is 10.6. The number of carbonyl (C=O) groups is 2. The number of rotatable bonds is 6. The molecule has 1 aliphatic carbocycles. The Hall–Kier alpha value is -1.84. The van der Waals surface area contributed by atoms with E-state index in [4.69, 9.17) is 0 Å². The van der Waals surface area contributed by atoms with E-state index in [0.29, 0.717) is 12.3 Å². The highest BCUT2D eigenvalue weighted by Crippen LogP contribution is 2.27. The first-order valence-corrected chi connectivity index (χ1v) is 8.21. The lowest BCUT2D eigenvalue weighted by Gasteiger charge is -2.19. The maximum absolute atomic E-state index is 12.2. The van der Waals surface area contributed by atoms with E-state index < -0.39 is 6.04 Å². The van der Waals surface area contributed by atoms with Gasteiger partial charge >= 0.3 is 0 Å². The van der Waals surface area contributed by atoms with Crippen LogP contribution >= 0.6 is 0 Å². The lowest BCUT2D eigenvalue weighted by molar-refractivity contribution is -0.129. The maximum Gasteiger partial charge on any atom is 0.242 e. The van der Waals surface area contributed by atoms with Gasteiger partial charge in [0.2, 0.25) is 11.8 Å². The minimum Gasteiger partial charge on any atom is -0.348 e. The molecule has 120 valence electrons. The number of amides is 2. The molecule has 4 nitrogen and oxygen atoms in total. The van der Waals surface area contributed by atoms with Gasteiger partial charge in [0.1, 0.15) is 6.04 Å². The SMILES string of the molecule is C[C@H](NC(=O)[C@@H](C)NC(=O)CC1CCCC1)c1ccccc1. The number of carbonyl (C=O) groups excluding carboxylic acids is 2. The van der Waals surface area contributed by atoms with Crippen molar-refractivity contribution in [1.29, 1.82) is 0 Å². The second-order valence-corrected chi connectivity index (χ2v) is 6.28. The number of nitrogens with one attached hydrogen (secondary N) is 2. The number of benzene rings is 1. The summed E-state index contributed by atoms with van der Waals surface area (Å²) in [6.45, 7) is 3.68. The lowest BCUT2D eigenvalue weighted by atomic mass is 10.0. The topological polar surface area (TPSA) is 58.2 Å². The van der Waals surface area contributed by atoms with Crippen molar-refractivity contribution in [2.24, 2.45) is 5.92 Å². The predicted molar refractivity (Wildman–Crippen MR) is 87.2 cm³/mol. The van der Waals surface area contributed by atoms with Crippen molar-refractivity contribution in [3.05, 3.63) is 35.9 Å². The van der Waals surface area contributed by atoms with E-state index in [9.17, 15) is 9.59 Å². The van der Waals surface area contributed by atoms with Crippen molar-refractivity contribution in [3.63, 3.8) is 0 Å². The molecule has 2 rings (SSSR count). The third-order valence-electron chi connectivity index (χ3n) is 4.38. The molecule has 0 bridgehead atoms. The molecule has 1 saturated carbocycles. The van der Waals surface area contributed by atoms with Gasteiger partial charge in [0.15, 0.2) is 0 Å². The van der Waals surface area contributed by atoms with Crippen LogP contribution in [0.2, 0.25) is 0 Å². The molecule has 2 atom stereocenters. The standard InChI is InChI=1S/C18H26N2O2/c1-13(16-10-4-3-5-11-16)20-18(22)14(2)19-17(21)12-15-8-6-7-9-15/h3-5,10-11,13-15H,6-9,12H2,1-2H3,(H,19,21)(H,20,22)/t13-,14+/m0/s1. The van der Waals surface area contributed by atoms with E-state index >= 15 is 0 Å². The molecule has 1 aromatic rings. The molecular weight excluding hydrogens is 276 g/mol. The summed E-state index contributed by atoms with van der Waals surface area (Å²) >= 11 is 0. The third kappa shape index (κ3) is 4.86. The number of hydrogen-bond donors (Lipinski definition) is 2. The van der Waals surface area contributed by atoms with Gasteiger partial charge in [-0.2, -0.15) is 0 Å². The van der Waals surface area contributed by atoms with Crippen molar-refractivity contribution >= 4 is 11.8 Å². The molecule has 0 radical (unpaired) electrons. The van der Waals surface area contributed by atoms with Crippen LogP contribution in [0.1, 0.15) is 57.6 Å². The molecule has 2 amide bonds. The van der Waals surface area contributed by atoms with Crippen LogP contribution in [0.3, 0.4) is 0 Å². The quantitative estimate of drug-likeness (QED) is 0.849. The van der Waals surface area contributed by atoms with Crippen LogP contribution in [0.4, 0.5) is 0 Å². The maximum atomic E-state index is 12.2. The Morgan fingerprint density at radius 1 is 1.09 bits per heavy atom.